The van der Waals surface area contributed by atoms with Crippen molar-refractivity contribution in [1.29, 1.82) is 0 Å². The molecule has 0 saturated carbocycles. The highest BCUT2D eigenvalue weighted by Crippen LogP contribution is 2.41. The molecular formula is C14H10N4O2. The van der Waals surface area contributed by atoms with Crippen LogP contribution in [0, 0.1) is 0 Å². The number of hydrogen-bond donors (Lipinski definition) is 2. The van der Waals surface area contributed by atoms with Crippen LogP contribution in [0.1, 0.15) is 0 Å². The zero-order valence-corrected chi connectivity index (χ0v) is 10.3. The van der Waals surface area contributed by atoms with Crippen LogP contribution in [0.3, 0.4) is 0 Å². The molecule has 0 aliphatic rings. The molecule has 0 radical (unpaired) electrons. The molecule has 0 atom stereocenters. The maximum atomic E-state index is 10.6. The largest absolute Gasteiger partial charge is 0.399 e. The summed E-state index contributed by atoms with van der Waals surface area (Å²) in [5.74, 6) is 0. The zero-order valence-electron chi connectivity index (χ0n) is 10.3. The smallest absolute Gasteiger partial charge is 0.240 e. The summed E-state index contributed by atoms with van der Waals surface area (Å²) in [6, 6.07) is 10.2. The monoisotopic (exact) mass is 266 g/mol. The summed E-state index contributed by atoms with van der Waals surface area (Å²) in [7, 11) is 0. The van der Waals surface area contributed by atoms with Crippen molar-refractivity contribution in [3.05, 3.63) is 36.4 Å². The van der Waals surface area contributed by atoms with E-state index >= 15 is 0 Å². The fraction of sp³-hybridized carbons (Fsp3) is 0. The quantitative estimate of drug-likeness (QED) is 0.504. The highest BCUT2D eigenvalue weighted by Gasteiger charge is 2.13. The SMILES string of the molecule is Nc1ccc(-c2ccc(N)c(N=C=O)c2N=C=O)cc1. The topological polar surface area (TPSA) is 111 Å². The Morgan fingerprint density at radius 3 is 2.00 bits per heavy atom. The number of rotatable bonds is 3. The predicted molar refractivity (Wildman–Crippen MR) is 76.3 cm³/mol. The van der Waals surface area contributed by atoms with E-state index in [2.05, 4.69) is 9.98 Å². The van der Waals surface area contributed by atoms with Gasteiger partial charge in [-0.2, -0.15) is 9.98 Å². The number of aliphatic imine (C=N–C) groups is 2. The molecule has 0 amide bonds. The van der Waals surface area contributed by atoms with Crippen molar-refractivity contribution in [3.8, 4) is 11.1 Å². The van der Waals surface area contributed by atoms with Crippen molar-refractivity contribution in [3.63, 3.8) is 0 Å². The van der Waals surface area contributed by atoms with E-state index in [-0.39, 0.29) is 17.1 Å². The van der Waals surface area contributed by atoms with Gasteiger partial charge in [-0.15, -0.1) is 0 Å². The Morgan fingerprint density at radius 2 is 1.40 bits per heavy atom. The average molecular weight is 266 g/mol. The Morgan fingerprint density at radius 1 is 0.800 bits per heavy atom. The van der Waals surface area contributed by atoms with Crippen LogP contribution in [0.25, 0.3) is 11.1 Å². The normalized spacial score (nSPS) is 9.40. The van der Waals surface area contributed by atoms with E-state index in [9.17, 15) is 9.59 Å². The Bertz CT molecular complexity index is 741. The third-order valence-electron chi connectivity index (χ3n) is 2.72. The first kappa shape index (κ1) is 13.2. The number of nitrogen functional groups attached to an aromatic ring is 2. The van der Waals surface area contributed by atoms with Crippen molar-refractivity contribution in [2.24, 2.45) is 9.98 Å². The molecule has 0 spiro atoms. The summed E-state index contributed by atoms with van der Waals surface area (Å²) in [6.07, 6.45) is 2.83. The van der Waals surface area contributed by atoms with Gasteiger partial charge in [0.15, 0.2) is 0 Å². The van der Waals surface area contributed by atoms with E-state index in [0.29, 0.717) is 11.3 Å². The standard InChI is InChI=1S/C14H10N4O2/c15-10-3-1-9(2-4-10)11-5-6-12(16)14(18-8-20)13(11)17-7-19/h1-6H,15-16H2. The fourth-order valence-corrected chi connectivity index (χ4v) is 1.81. The second kappa shape index (κ2) is 5.63. The molecule has 2 rings (SSSR count). The molecule has 2 aromatic rings. The van der Waals surface area contributed by atoms with E-state index < -0.39 is 0 Å². The number of benzene rings is 2. The average Bonchev–Trinajstić information content (AvgIpc) is 2.44. The van der Waals surface area contributed by atoms with E-state index in [1.807, 2.05) is 0 Å². The molecule has 0 unspecified atom stereocenters. The van der Waals surface area contributed by atoms with Gasteiger partial charge in [0.1, 0.15) is 11.4 Å². The van der Waals surface area contributed by atoms with Gasteiger partial charge < -0.3 is 11.5 Å². The lowest BCUT2D eigenvalue weighted by Crippen LogP contribution is -1.89. The second-order valence-electron chi connectivity index (χ2n) is 3.93. The number of anilines is 2. The van der Waals surface area contributed by atoms with Crippen molar-refractivity contribution in [1.82, 2.24) is 0 Å². The summed E-state index contributed by atoms with van der Waals surface area (Å²) < 4.78 is 0. The summed E-state index contributed by atoms with van der Waals surface area (Å²) in [5, 5.41) is 0. The molecule has 20 heavy (non-hydrogen) atoms. The van der Waals surface area contributed by atoms with E-state index in [1.165, 1.54) is 12.2 Å². The molecule has 6 nitrogen and oxygen atoms in total. The van der Waals surface area contributed by atoms with Crippen molar-refractivity contribution in [2.75, 3.05) is 11.5 Å². The molecule has 2 aromatic carbocycles. The summed E-state index contributed by atoms with van der Waals surface area (Å²) in [6.45, 7) is 0. The van der Waals surface area contributed by atoms with Crippen LogP contribution in [0.15, 0.2) is 46.4 Å². The second-order valence-corrected chi connectivity index (χ2v) is 3.93. The number of isocyanates is 2. The van der Waals surface area contributed by atoms with Crippen LogP contribution in [-0.4, -0.2) is 12.2 Å². The minimum absolute atomic E-state index is 0.0951. The van der Waals surface area contributed by atoms with Crippen LogP contribution in [0.2, 0.25) is 0 Å². The molecular weight excluding hydrogens is 256 g/mol. The molecule has 98 valence electrons. The van der Waals surface area contributed by atoms with Crippen LogP contribution < -0.4 is 11.5 Å². The minimum Gasteiger partial charge on any atom is -0.399 e. The molecule has 0 aliphatic heterocycles. The number of nitrogens with two attached hydrogens (primary N) is 2. The van der Waals surface area contributed by atoms with E-state index in [1.54, 1.807) is 36.4 Å². The molecule has 0 bridgehead atoms. The first-order valence-corrected chi connectivity index (χ1v) is 5.61. The molecule has 4 N–H and O–H groups in total. The number of carbonyl (C=O) groups excluding carboxylic acids is 2. The highest BCUT2D eigenvalue weighted by molar-refractivity contribution is 5.91. The van der Waals surface area contributed by atoms with Gasteiger partial charge in [0.05, 0.1) is 5.69 Å². The Kier molecular flexibility index (Phi) is 3.72. The molecule has 0 aliphatic carbocycles. The van der Waals surface area contributed by atoms with Crippen LogP contribution in [0.5, 0.6) is 0 Å². The van der Waals surface area contributed by atoms with Gasteiger partial charge in [0, 0.05) is 11.3 Å². The van der Waals surface area contributed by atoms with Gasteiger partial charge in [-0.1, -0.05) is 12.1 Å². The molecule has 6 heteroatoms. The van der Waals surface area contributed by atoms with Gasteiger partial charge in [-0.25, -0.2) is 9.59 Å². The lowest BCUT2D eigenvalue weighted by atomic mass is 10.0. The van der Waals surface area contributed by atoms with Crippen LogP contribution >= 0.6 is 0 Å². The fourth-order valence-electron chi connectivity index (χ4n) is 1.81. The van der Waals surface area contributed by atoms with Gasteiger partial charge in [-0.3, -0.25) is 0 Å². The third kappa shape index (κ3) is 2.47. The van der Waals surface area contributed by atoms with E-state index in [0.717, 1.165) is 5.56 Å². The summed E-state index contributed by atoms with van der Waals surface area (Å²) in [4.78, 5) is 28.2. The van der Waals surface area contributed by atoms with Gasteiger partial charge in [0.2, 0.25) is 12.2 Å². The maximum absolute atomic E-state index is 10.6. The Balaban J connectivity index is 2.75. The predicted octanol–water partition coefficient (Wildman–Crippen LogP) is 2.45. The van der Waals surface area contributed by atoms with Gasteiger partial charge in [0.25, 0.3) is 0 Å². The Labute approximate surface area is 114 Å². The van der Waals surface area contributed by atoms with Gasteiger partial charge in [-0.05, 0) is 29.8 Å². The molecule has 0 fully saturated rings. The summed E-state index contributed by atoms with van der Waals surface area (Å²) >= 11 is 0. The molecule has 0 heterocycles. The lowest BCUT2D eigenvalue weighted by molar-refractivity contribution is 0.564. The maximum Gasteiger partial charge on any atom is 0.240 e. The number of nitrogens with zero attached hydrogens (tertiary/aromatic N) is 2. The highest BCUT2D eigenvalue weighted by atomic mass is 16.1. The van der Waals surface area contributed by atoms with Crippen LogP contribution in [-0.2, 0) is 9.59 Å². The Hall–Kier alpha value is -3.20. The van der Waals surface area contributed by atoms with Crippen molar-refractivity contribution < 1.29 is 9.59 Å². The first-order valence-electron chi connectivity index (χ1n) is 5.61. The third-order valence-corrected chi connectivity index (χ3v) is 2.72. The zero-order chi connectivity index (χ0) is 14.5. The van der Waals surface area contributed by atoms with Gasteiger partial charge >= 0.3 is 0 Å². The lowest BCUT2D eigenvalue weighted by Gasteiger charge is -2.09. The summed E-state index contributed by atoms with van der Waals surface area (Å²) in [5.41, 5.74) is 13.8. The first-order chi connectivity index (χ1) is 9.67. The van der Waals surface area contributed by atoms with Crippen molar-refractivity contribution in [2.45, 2.75) is 0 Å². The number of hydrogen-bond acceptors (Lipinski definition) is 6. The van der Waals surface area contributed by atoms with Crippen molar-refractivity contribution >= 4 is 34.9 Å². The van der Waals surface area contributed by atoms with E-state index in [4.69, 9.17) is 11.5 Å². The minimum atomic E-state index is 0.0951. The van der Waals surface area contributed by atoms with Crippen LogP contribution in [0.4, 0.5) is 22.7 Å². The molecule has 0 saturated heterocycles. The molecule has 0 aromatic heterocycles.